The fourth-order valence-electron chi connectivity index (χ4n) is 9.48. The molecule has 0 radical (unpaired) electrons. The average Bonchev–Trinajstić information content (AvgIpc) is 3.66. The largest absolute Gasteiger partial charge is 0.192 e. The van der Waals surface area contributed by atoms with Gasteiger partial charge in [0, 0.05) is 37.9 Å². The first kappa shape index (κ1) is 37.3. The van der Waals surface area contributed by atoms with Crippen LogP contribution < -0.4 is 10.4 Å². The molecule has 2 nitrogen and oxygen atoms in total. The third kappa shape index (κ3) is 5.99. The van der Waals surface area contributed by atoms with Crippen LogP contribution in [-0.2, 0) is 0 Å². The Morgan fingerprint density at radius 3 is 1.76 bits per heavy atom. The minimum absolute atomic E-state index is 0.0538. The number of fused-ring (bicyclic) bond motifs is 4. The molecule has 0 aliphatic heterocycles. The molecule has 1 heterocycles. The van der Waals surface area contributed by atoms with Crippen LogP contribution in [0, 0.1) is 34.5 Å². The van der Waals surface area contributed by atoms with Crippen LogP contribution in [0.3, 0.4) is 0 Å². The molecule has 9 rings (SSSR count). The third-order valence-electron chi connectivity index (χ3n) is 11.8. The van der Waals surface area contributed by atoms with Crippen molar-refractivity contribution in [2.24, 2.45) is 11.8 Å². The van der Waals surface area contributed by atoms with Crippen molar-refractivity contribution in [2.75, 3.05) is 0 Å². The third-order valence-corrected chi connectivity index (χ3v) is 13.0. The van der Waals surface area contributed by atoms with Gasteiger partial charge in [-0.2, -0.15) is 10.5 Å². The van der Waals surface area contributed by atoms with Crippen molar-refractivity contribution < 1.29 is 0 Å². The van der Waals surface area contributed by atoms with E-state index in [0.29, 0.717) is 11.1 Å². The smallest absolute Gasteiger partial charge is 0.0998 e. The zero-order valence-electron chi connectivity index (χ0n) is 33.0. The number of hydrogen-bond donors (Lipinski definition) is 0. The summed E-state index contributed by atoms with van der Waals surface area (Å²) in [5.41, 5.74) is 11.2. The predicted molar refractivity (Wildman–Crippen MR) is 251 cm³/mol. The predicted octanol–water partition coefficient (Wildman–Crippen LogP) is 13.4. The van der Waals surface area contributed by atoms with Crippen molar-refractivity contribution in [1.29, 1.82) is 10.5 Å². The summed E-state index contributed by atoms with van der Waals surface area (Å²) < 4.78 is 1.19. The summed E-state index contributed by atoms with van der Waals surface area (Å²) in [5, 5.41) is 28.4. The van der Waals surface area contributed by atoms with Gasteiger partial charge in [0.1, 0.15) is 0 Å². The van der Waals surface area contributed by atoms with Gasteiger partial charge in [-0.05, 0) is 109 Å². The number of thiophene rings is 1. The molecule has 0 spiro atoms. The molecule has 3 heteroatoms. The van der Waals surface area contributed by atoms with Crippen LogP contribution in [0.1, 0.15) is 41.0 Å². The van der Waals surface area contributed by atoms with Crippen molar-refractivity contribution >= 4 is 65.8 Å². The Kier molecular flexibility index (Phi) is 9.84. The van der Waals surface area contributed by atoms with E-state index in [1.807, 2.05) is 42.5 Å². The first-order valence-corrected chi connectivity index (χ1v) is 20.8. The minimum atomic E-state index is -0.0819. The average molecular weight is 773 g/mol. The van der Waals surface area contributed by atoms with Crippen molar-refractivity contribution in [3.05, 3.63) is 215 Å². The Morgan fingerprint density at radius 2 is 1.17 bits per heavy atom. The monoisotopic (exact) mass is 772 g/mol. The Morgan fingerprint density at radius 1 is 0.610 bits per heavy atom. The van der Waals surface area contributed by atoms with E-state index in [1.54, 1.807) is 11.3 Å². The number of allylic oxidation sites excluding steroid dienone is 5. The van der Waals surface area contributed by atoms with E-state index in [4.69, 9.17) is 0 Å². The molecular formula is C56H40N2S. The van der Waals surface area contributed by atoms with Gasteiger partial charge in [0.15, 0.2) is 0 Å². The SMILES string of the molecule is C=Cc1sc2ccc(-c3c4ccccc4c(-c4ccccc4C#N)c4ccccc34)cc2c1/C(=C\C)C1=c2ccccc2=C(c2ccccc2C#N)C(/C=C\C)C1C=C. The molecule has 0 N–H and O–H groups in total. The first-order chi connectivity index (χ1) is 29.1. The highest BCUT2D eigenvalue weighted by molar-refractivity contribution is 7.20. The summed E-state index contributed by atoms with van der Waals surface area (Å²) in [4.78, 5) is 1.11. The fourth-order valence-corrected chi connectivity index (χ4v) is 10.5. The number of benzene rings is 7. The molecule has 0 saturated heterocycles. The molecule has 0 fully saturated rings. The second kappa shape index (κ2) is 15.6. The number of nitriles is 2. The van der Waals surface area contributed by atoms with Crippen LogP contribution in [0.15, 0.2) is 177 Å². The van der Waals surface area contributed by atoms with Crippen molar-refractivity contribution in [3.8, 4) is 34.4 Å². The second-order valence-electron chi connectivity index (χ2n) is 14.8. The Balaban J connectivity index is 1.35. The first-order valence-electron chi connectivity index (χ1n) is 19.9. The highest BCUT2D eigenvalue weighted by atomic mass is 32.1. The molecule has 7 aromatic carbocycles. The normalized spacial score (nSPS) is 15.4. The topological polar surface area (TPSA) is 47.6 Å². The van der Waals surface area contributed by atoms with Gasteiger partial charge in [-0.3, -0.25) is 0 Å². The summed E-state index contributed by atoms with van der Waals surface area (Å²) >= 11 is 1.77. The van der Waals surface area contributed by atoms with Crippen LogP contribution in [-0.4, -0.2) is 0 Å². The Bertz CT molecular complexity index is 3260. The maximum absolute atomic E-state index is 10.3. The lowest BCUT2D eigenvalue weighted by Crippen LogP contribution is -2.40. The van der Waals surface area contributed by atoms with Gasteiger partial charge in [-0.25, -0.2) is 0 Å². The molecular weight excluding hydrogens is 733 g/mol. The summed E-state index contributed by atoms with van der Waals surface area (Å²) in [6, 6.07) is 53.5. The van der Waals surface area contributed by atoms with Crippen LogP contribution in [0.4, 0.5) is 0 Å². The van der Waals surface area contributed by atoms with Crippen molar-refractivity contribution in [2.45, 2.75) is 13.8 Å². The summed E-state index contributed by atoms with van der Waals surface area (Å²) in [6.07, 6.45) is 10.7. The lowest BCUT2D eigenvalue weighted by atomic mass is 9.69. The van der Waals surface area contributed by atoms with Gasteiger partial charge in [0.25, 0.3) is 0 Å². The van der Waals surface area contributed by atoms with E-state index >= 15 is 0 Å². The highest BCUT2D eigenvalue weighted by Crippen LogP contribution is 2.49. The number of rotatable bonds is 8. The molecule has 2 atom stereocenters. The molecule has 2 unspecified atom stereocenters. The van der Waals surface area contributed by atoms with Gasteiger partial charge in [0.2, 0.25) is 0 Å². The number of nitrogens with zero attached hydrogens (tertiary/aromatic N) is 2. The standard InChI is InChI=1S/C56H40N2S/c1-5-19-42-38(6-2)53(47-28-17-18-29-48(47)54(42)40-22-11-9-20-36(40)33-57)39(7-3)56-49-32-35(30-31-51(49)59-50(56)8-4)52-43-24-13-15-26-45(43)55(46-27-16-14-25-44(46)52)41-23-12-10-21-37(41)34-58/h5-32,38,42H,2,4H2,1,3H3/b19-5-,39-7-. The van der Waals surface area contributed by atoms with Gasteiger partial charge in [0.05, 0.1) is 23.3 Å². The Hall–Kier alpha value is -7.30. The van der Waals surface area contributed by atoms with Crippen LogP contribution >= 0.6 is 11.3 Å². The molecule has 1 aliphatic carbocycles. The highest BCUT2D eigenvalue weighted by Gasteiger charge is 2.33. The second-order valence-corrected chi connectivity index (χ2v) is 15.9. The van der Waals surface area contributed by atoms with Crippen LogP contribution in [0.5, 0.6) is 0 Å². The van der Waals surface area contributed by atoms with Gasteiger partial charge in [-0.1, -0.05) is 152 Å². The van der Waals surface area contributed by atoms with E-state index in [0.717, 1.165) is 75.8 Å². The fraction of sp³-hybridized carbons (Fsp3) is 0.0714. The Labute approximate surface area is 349 Å². The van der Waals surface area contributed by atoms with Crippen LogP contribution in [0.2, 0.25) is 0 Å². The van der Waals surface area contributed by atoms with Crippen molar-refractivity contribution in [3.63, 3.8) is 0 Å². The lowest BCUT2D eigenvalue weighted by Gasteiger charge is -2.33. The van der Waals surface area contributed by atoms with Gasteiger partial charge >= 0.3 is 0 Å². The van der Waals surface area contributed by atoms with E-state index in [1.165, 1.54) is 21.2 Å². The summed E-state index contributed by atoms with van der Waals surface area (Å²) in [7, 11) is 0. The maximum atomic E-state index is 10.3. The summed E-state index contributed by atoms with van der Waals surface area (Å²) in [6.45, 7) is 13.0. The molecule has 0 saturated carbocycles. The van der Waals surface area contributed by atoms with E-state index in [2.05, 4.69) is 167 Å². The van der Waals surface area contributed by atoms with Gasteiger partial charge in [-0.15, -0.1) is 17.9 Å². The van der Waals surface area contributed by atoms with Crippen LogP contribution in [0.25, 0.3) is 76.7 Å². The molecule has 0 bridgehead atoms. The maximum Gasteiger partial charge on any atom is 0.0998 e. The van der Waals surface area contributed by atoms with E-state index < -0.39 is 0 Å². The molecule has 280 valence electrons. The minimum Gasteiger partial charge on any atom is -0.192 e. The quantitative estimate of drug-likeness (QED) is 0.114. The zero-order chi connectivity index (χ0) is 40.6. The van der Waals surface area contributed by atoms with Gasteiger partial charge < -0.3 is 0 Å². The zero-order valence-corrected chi connectivity index (χ0v) is 33.9. The molecule has 8 aromatic rings. The summed E-state index contributed by atoms with van der Waals surface area (Å²) in [5.74, 6) is -0.136. The molecule has 59 heavy (non-hydrogen) atoms. The molecule has 0 amide bonds. The van der Waals surface area contributed by atoms with Crippen molar-refractivity contribution in [1.82, 2.24) is 0 Å². The van der Waals surface area contributed by atoms with E-state index in [9.17, 15) is 10.5 Å². The molecule has 1 aliphatic rings. The molecule has 1 aromatic heterocycles. The van der Waals surface area contributed by atoms with E-state index in [-0.39, 0.29) is 11.8 Å². The lowest BCUT2D eigenvalue weighted by molar-refractivity contribution is 0.699. The number of hydrogen-bond acceptors (Lipinski definition) is 3.